The molecule has 1 saturated heterocycles. The normalized spacial score (nSPS) is 27.1. The molecule has 0 spiro atoms. The van der Waals surface area contributed by atoms with Crippen molar-refractivity contribution in [3.05, 3.63) is 0 Å². The minimum Gasteiger partial charge on any atom is -0.387 e. The SMILES string of the molecule is CC(C)C(C)CC(=O)NCC1(O)CCSC1. The fourth-order valence-electron chi connectivity index (χ4n) is 1.60. The maximum absolute atomic E-state index is 11.6. The molecule has 0 aromatic heterocycles. The molecule has 1 rings (SSSR count). The highest BCUT2D eigenvalue weighted by Crippen LogP contribution is 2.27. The number of rotatable bonds is 5. The molecule has 0 radical (unpaired) electrons. The predicted octanol–water partition coefficient (Wildman–Crippen LogP) is 1.65. The van der Waals surface area contributed by atoms with Gasteiger partial charge in [-0.3, -0.25) is 4.79 Å². The first-order valence-corrected chi connectivity index (χ1v) is 7.15. The molecule has 0 aromatic rings. The molecule has 2 atom stereocenters. The van der Waals surface area contributed by atoms with Crippen LogP contribution in [0.4, 0.5) is 0 Å². The van der Waals surface area contributed by atoms with E-state index in [0.29, 0.717) is 24.8 Å². The standard InChI is InChI=1S/C12H23NO2S/c1-9(2)10(3)6-11(14)13-7-12(15)4-5-16-8-12/h9-10,15H,4-8H2,1-3H3,(H,13,14). The zero-order valence-electron chi connectivity index (χ0n) is 10.5. The Kier molecular flexibility index (Phi) is 5.12. The second-order valence-electron chi connectivity index (χ2n) is 5.23. The van der Waals surface area contributed by atoms with Crippen molar-refractivity contribution < 1.29 is 9.90 Å². The molecule has 0 aliphatic carbocycles. The number of hydrogen-bond donors (Lipinski definition) is 2. The molecule has 4 heteroatoms. The fraction of sp³-hybridized carbons (Fsp3) is 0.917. The van der Waals surface area contributed by atoms with Crippen molar-refractivity contribution in [2.24, 2.45) is 11.8 Å². The number of thioether (sulfide) groups is 1. The van der Waals surface area contributed by atoms with E-state index in [4.69, 9.17) is 0 Å². The van der Waals surface area contributed by atoms with Crippen molar-refractivity contribution in [3.8, 4) is 0 Å². The molecule has 1 aliphatic rings. The van der Waals surface area contributed by atoms with E-state index in [1.165, 1.54) is 0 Å². The van der Waals surface area contributed by atoms with Crippen molar-refractivity contribution in [1.82, 2.24) is 5.32 Å². The zero-order valence-corrected chi connectivity index (χ0v) is 11.3. The van der Waals surface area contributed by atoms with Gasteiger partial charge in [0.05, 0.1) is 5.60 Å². The van der Waals surface area contributed by atoms with Crippen LogP contribution in [0.1, 0.15) is 33.6 Å². The zero-order chi connectivity index (χ0) is 12.2. The Balaban J connectivity index is 2.24. The van der Waals surface area contributed by atoms with Crippen LogP contribution in [0.15, 0.2) is 0 Å². The Morgan fingerprint density at radius 2 is 2.19 bits per heavy atom. The molecular weight excluding hydrogens is 222 g/mol. The van der Waals surface area contributed by atoms with Gasteiger partial charge < -0.3 is 10.4 Å². The highest BCUT2D eigenvalue weighted by molar-refractivity contribution is 7.99. The molecule has 2 N–H and O–H groups in total. The van der Waals surface area contributed by atoms with Crippen molar-refractivity contribution in [1.29, 1.82) is 0 Å². The van der Waals surface area contributed by atoms with Crippen molar-refractivity contribution in [2.45, 2.75) is 39.2 Å². The van der Waals surface area contributed by atoms with Crippen molar-refractivity contribution in [3.63, 3.8) is 0 Å². The van der Waals surface area contributed by atoms with E-state index in [1.54, 1.807) is 11.8 Å². The van der Waals surface area contributed by atoms with E-state index in [1.807, 2.05) is 0 Å². The average molecular weight is 245 g/mol. The second kappa shape index (κ2) is 5.92. The number of carbonyl (C=O) groups is 1. The summed E-state index contributed by atoms with van der Waals surface area (Å²) in [5, 5.41) is 12.9. The largest absolute Gasteiger partial charge is 0.387 e. The van der Waals surface area contributed by atoms with Gasteiger partial charge in [0.25, 0.3) is 0 Å². The molecule has 94 valence electrons. The second-order valence-corrected chi connectivity index (χ2v) is 6.33. The number of nitrogens with one attached hydrogen (secondary N) is 1. The van der Waals surface area contributed by atoms with Gasteiger partial charge in [-0.2, -0.15) is 11.8 Å². The Morgan fingerprint density at radius 1 is 1.50 bits per heavy atom. The van der Waals surface area contributed by atoms with Gasteiger partial charge in [-0.05, 0) is 24.0 Å². The predicted molar refractivity (Wildman–Crippen MR) is 68.5 cm³/mol. The van der Waals surface area contributed by atoms with E-state index in [9.17, 15) is 9.90 Å². The summed E-state index contributed by atoms with van der Waals surface area (Å²) >= 11 is 1.75. The van der Waals surface area contributed by atoms with Crippen LogP contribution in [0.2, 0.25) is 0 Å². The van der Waals surface area contributed by atoms with Crippen LogP contribution in [0.25, 0.3) is 0 Å². The van der Waals surface area contributed by atoms with Gasteiger partial charge in [0.1, 0.15) is 0 Å². The van der Waals surface area contributed by atoms with Crippen LogP contribution in [0, 0.1) is 11.8 Å². The van der Waals surface area contributed by atoms with Crippen LogP contribution in [-0.4, -0.2) is 34.7 Å². The summed E-state index contributed by atoms with van der Waals surface area (Å²) in [4.78, 5) is 11.6. The summed E-state index contributed by atoms with van der Waals surface area (Å²) in [5.74, 6) is 2.72. The third-order valence-corrected chi connectivity index (χ3v) is 4.58. The van der Waals surface area contributed by atoms with Crippen LogP contribution < -0.4 is 5.32 Å². The average Bonchev–Trinajstić information content (AvgIpc) is 2.63. The molecule has 0 aromatic carbocycles. The van der Waals surface area contributed by atoms with Crippen LogP contribution in [0.5, 0.6) is 0 Å². The van der Waals surface area contributed by atoms with Crippen LogP contribution in [0.3, 0.4) is 0 Å². The summed E-state index contributed by atoms with van der Waals surface area (Å²) in [5.41, 5.74) is -0.665. The van der Waals surface area contributed by atoms with E-state index >= 15 is 0 Å². The Labute approximate surface area is 102 Å². The smallest absolute Gasteiger partial charge is 0.220 e. The summed E-state index contributed by atoms with van der Waals surface area (Å²) in [6.45, 7) is 6.74. The van der Waals surface area contributed by atoms with Gasteiger partial charge in [-0.1, -0.05) is 20.8 Å². The highest BCUT2D eigenvalue weighted by atomic mass is 32.2. The topological polar surface area (TPSA) is 49.3 Å². The monoisotopic (exact) mass is 245 g/mol. The van der Waals surface area contributed by atoms with E-state index in [0.717, 1.165) is 17.9 Å². The minimum atomic E-state index is -0.665. The van der Waals surface area contributed by atoms with Crippen LogP contribution >= 0.6 is 11.8 Å². The lowest BCUT2D eigenvalue weighted by atomic mass is 9.94. The van der Waals surface area contributed by atoms with Crippen molar-refractivity contribution in [2.75, 3.05) is 18.1 Å². The summed E-state index contributed by atoms with van der Waals surface area (Å²) in [6.07, 6.45) is 1.35. The number of aliphatic hydroxyl groups is 1. The molecule has 0 bridgehead atoms. The molecule has 3 nitrogen and oxygen atoms in total. The Hall–Kier alpha value is -0.220. The van der Waals surface area contributed by atoms with Gasteiger partial charge >= 0.3 is 0 Å². The first kappa shape index (κ1) is 13.8. The lowest BCUT2D eigenvalue weighted by molar-refractivity contribution is -0.123. The number of carbonyl (C=O) groups excluding carboxylic acids is 1. The number of hydrogen-bond acceptors (Lipinski definition) is 3. The Morgan fingerprint density at radius 3 is 2.69 bits per heavy atom. The molecule has 16 heavy (non-hydrogen) atoms. The molecule has 1 heterocycles. The van der Waals surface area contributed by atoms with Gasteiger partial charge in [-0.15, -0.1) is 0 Å². The molecule has 0 saturated carbocycles. The van der Waals surface area contributed by atoms with E-state index < -0.39 is 5.60 Å². The van der Waals surface area contributed by atoms with Gasteiger partial charge in [-0.25, -0.2) is 0 Å². The number of amides is 1. The van der Waals surface area contributed by atoms with E-state index in [-0.39, 0.29) is 5.91 Å². The van der Waals surface area contributed by atoms with Crippen molar-refractivity contribution >= 4 is 17.7 Å². The lowest BCUT2D eigenvalue weighted by Crippen LogP contribution is -2.43. The first-order valence-electron chi connectivity index (χ1n) is 6.00. The quantitative estimate of drug-likeness (QED) is 0.774. The molecular formula is C12H23NO2S. The van der Waals surface area contributed by atoms with Gasteiger partial charge in [0.15, 0.2) is 0 Å². The maximum Gasteiger partial charge on any atom is 0.220 e. The highest BCUT2D eigenvalue weighted by Gasteiger charge is 2.32. The van der Waals surface area contributed by atoms with Gasteiger partial charge in [0.2, 0.25) is 5.91 Å². The van der Waals surface area contributed by atoms with E-state index in [2.05, 4.69) is 26.1 Å². The third kappa shape index (κ3) is 4.34. The fourth-order valence-corrected chi connectivity index (χ4v) is 2.89. The Bertz CT molecular complexity index is 237. The first-order chi connectivity index (χ1) is 7.43. The summed E-state index contributed by atoms with van der Waals surface area (Å²) < 4.78 is 0. The summed E-state index contributed by atoms with van der Waals surface area (Å²) in [7, 11) is 0. The molecule has 2 unspecified atom stereocenters. The third-order valence-electron chi connectivity index (χ3n) is 3.34. The minimum absolute atomic E-state index is 0.0616. The molecule has 1 amide bonds. The lowest BCUT2D eigenvalue weighted by Gasteiger charge is -2.22. The van der Waals surface area contributed by atoms with Crippen LogP contribution in [-0.2, 0) is 4.79 Å². The molecule has 1 aliphatic heterocycles. The molecule has 1 fully saturated rings. The maximum atomic E-state index is 11.6. The summed E-state index contributed by atoms with van der Waals surface area (Å²) in [6, 6.07) is 0. The van der Waals surface area contributed by atoms with Gasteiger partial charge in [0, 0.05) is 18.7 Å².